The lowest BCUT2D eigenvalue weighted by Gasteiger charge is -2.26. The van der Waals surface area contributed by atoms with E-state index in [4.69, 9.17) is 0 Å². The highest BCUT2D eigenvalue weighted by Gasteiger charge is 2.18. The Bertz CT molecular complexity index is 2660. The van der Waals surface area contributed by atoms with Crippen LogP contribution in [0.3, 0.4) is 0 Å². The third-order valence-corrected chi connectivity index (χ3v) is 24.8. The van der Waals surface area contributed by atoms with Crippen molar-refractivity contribution in [3.05, 3.63) is 153 Å². The van der Waals surface area contributed by atoms with Gasteiger partial charge < -0.3 is 19.6 Å². The zero-order valence-electron chi connectivity index (χ0n) is 69.9. The van der Waals surface area contributed by atoms with E-state index in [1.807, 2.05) is 22.7 Å². The molecule has 0 amide bonds. The Labute approximate surface area is 662 Å². The summed E-state index contributed by atoms with van der Waals surface area (Å²) in [4.78, 5) is 16.2. The van der Waals surface area contributed by atoms with Crippen molar-refractivity contribution in [1.29, 1.82) is 0 Å². The molecule has 0 bridgehead atoms. The lowest BCUT2D eigenvalue weighted by atomic mass is 9.96. The molecule has 0 aliphatic heterocycles. The van der Waals surface area contributed by atoms with Crippen LogP contribution in [0.2, 0.25) is 0 Å². The second-order valence-electron chi connectivity index (χ2n) is 31.8. The smallest absolute Gasteiger partial charge is 0.0449 e. The normalized spacial score (nSPS) is 11.4. The molecule has 4 aromatic carbocycles. The minimum atomic E-state index is 1.15. The van der Waals surface area contributed by atoms with Gasteiger partial charge in [0.05, 0.1) is 0 Å². The van der Waals surface area contributed by atoms with E-state index in [0.29, 0.717) is 0 Å². The number of thiophene rings is 2. The van der Waals surface area contributed by atoms with Crippen LogP contribution in [0.1, 0.15) is 396 Å². The predicted octanol–water partition coefficient (Wildman–Crippen LogP) is 32.8. The maximum absolute atomic E-state index is 2.72. The summed E-state index contributed by atoms with van der Waals surface area (Å²) < 4.78 is 0. The second kappa shape index (κ2) is 58.9. The van der Waals surface area contributed by atoms with Crippen molar-refractivity contribution in [2.75, 3.05) is 72.0 Å². The fraction of sp³-hybridized carbons (Fsp3) is 0.640. The molecule has 6 rings (SSSR count). The summed E-state index contributed by atoms with van der Waals surface area (Å²) in [6.07, 6.45) is 69.0. The summed E-state index contributed by atoms with van der Waals surface area (Å²) in [5, 5.41) is 0. The Hall–Kier alpha value is -5.04. The number of unbranched alkanes of at least 4 members (excludes halogenated alkanes) is 40. The summed E-state index contributed by atoms with van der Waals surface area (Å²) in [6.45, 7) is 27.8. The number of benzene rings is 4. The Morgan fingerprint density at radius 3 is 0.528 bits per heavy atom. The maximum Gasteiger partial charge on any atom is 0.0449 e. The Kier molecular flexibility index (Phi) is 49.9. The molecule has 0 saturated carbocycles. The Balaban J connectivity index is 1.36. The van der Waals surface area contributed by atoms with Gasteiger partial charge in [-0.25, -0.2) is 0 Å². The van der Waals surface area contributed by atoms with Crippen LogP contribution in [0.5, 0.6) is 0 Å². The molecule has 6 heteroatoms. The number of hydrogen-bond donors (Lipinski definition) is 0. The molecule has 2 heterocycles. The molecule has 6 aromatic rings. The van der Waals surface area contributed by atoms with E-state index in [0.717, 1.165) is 52.4 Å². The molecule has 0 N–H and O–H groups in total. The average Bonchev–Trinajstić information content (AvgIpc) is 1.39. The van der Waals surface area contributed by atoms with Gasteiger partial charge in [-0.2, -0.15) is 0 Å². The first-order valence-electron chi connectivity index (χ1n) is 45.4. The van der Waals surface area contributed by atoms with Gasteiger partial charge in [0.15, 0.2) is 0 Å². The monoisotopic (exact) mass is 1480 g/mol. The Morgan fingerprint density at radius 1 is 0.198 bits per heavy atom. The van der Waals surface area contributed by atoms with Gasteiger partial charge in [0.1, 0.15) is 0 Å². The zero-order valence-corrected chi connectivity index (χ0v) is 71.5. The van der Waals surface area contributed by atoms with Crippen molar-refractivity contribution in [1.82, 2.24) is 0 Å². The van der Waals surface area contributed by atoms with Crippen LogP contribution in [-0.2, 0) is 0 Å². The summed E-state index contributed by atoms with van der Waals surface area (Å²) in [5.74, 6) is 0. The Morgan fingerprint density at radius 2 is 0.358 bits per heavy atom. The van der Waals surface area contributed by atoms with Gasteiger partial charge in [-0.1, -0.05) is 361 Å². The fourth-order valence-electron chi connectivity index (χ4n) is 15.6. The van der Waals surface area contributed by atoms with Gasteiger partial charge in [0, 0.05) is 94.6 Å². The topological polar surface area (TPSA) is 13.0 Å². The van der Waals surface area contributed by atoms with Crippen LogP contribution in [0.4, 0.5) is 22.7 Å². The van der Waals surface area contributed by atoms with Crippen molar-refractivity contribution in [2.24, 2.45) is 0 Å². The standard InChI is InChI=1S/C100H158N4S2/c1-9-17-25-33-41-49-77-101(78-50-42-34-26-18-10-2)91-65-57-87(58-66-91)97(88-59-67-92(68-60-88)102(79-51-43-35-27-19-11-3)80-52-44-36-28-20-12-4)85-95-73-75-99(105-95)100-76-74-96(106-100)86-98(89-61-69-93(70-62-89)103(81-53-45-37-29-21-13-5)82-54-46-38-30-22-14-6)90-63-71-94(72-64-90)104(83-55-47-39-31-23-15-7)84-56-48-40-32-24-16-8/h57-76,85-86H,9-56,77-84H2,1-8H3. The molecule has 0 fully saturated rings. The molecule has 0 aliphatic carbocycles. The van der Waals surface area contributed by atoms with Crippen molar-refractivity contribution in [3.8, 4) is 9.75 Å². The number of rotatable bonds is 67. The van der Waals surface area contributed by atoms with Gasteiger partial charge in [0.25, 0.3) is 0 Å². The third-order valence-electron chi connectivity index (χ3n) is 22.5. The molecule has 0 saturated heterocycles. The maximum atomic E-state index is 2.72. The van der Waals surface area contributed by atoms with Crippen LogP contribution in [0, 0.1) is 0 Å². The second-order valence-corrected chi connectivity index (χ2v) is 34.0. The van der Waals surface area contributed by atoms with E-state index < -0.39 is 0 Å². The SMILES string of the molecule is CCCCCCCCN(CCCCCCCC)c1ccc(C(=Cc2ccc(-c3ccc(C=C(c4ccc(N(CCCCCCCC)CCCCCCCC)cc4)c4ccc(N(CCCCCCCC)CCCCCCCC)cc4)s3)s2)c2ccc(N(CCCCCCCC)CCCCCCCC)cc2)cc1. The molecule has 106 heavy (non-hydrogen) atoms. The quantitative estimate of drug-likeness (QED) is 0.0353. The summed E-state index contributed by atoms with van der Waals surface area (Å²) in [6, 6.07) is 48.8. The molecule has 0 unspecified atom stereocenters. The molecule has 2 aromatic heterocycles. The van der Waals surface area contributed by atoms with E-state index in [1.54, 1.807) is 0 Å². The molecule has 4 nitrogen and oxygen atoms in total. The zero-order chi connectivity index (χ0) is 75.0. The first-order valence-corrected chi connectivity index (χ1v) is 47.0. The highest BCUT2D eigenvalue weighted by Crippen LogP contribution is 2.40. The number of nitrogens with zero attached hydrogens (tertiary/aromatic N) is 4. The van der Waals surface area contributed by atoms with Gasteiger partial charge in [-0.05, 0) is 170 Å². The van der Waals surface area contributed by atoms with Crippen LogP contribution in [0.15, 0.2) is 121 Å². The average molecular weight is 1480 g/mol. The molecular formula is C100H158N4S2. The number of hydrogen-bond acceptors (Lipinski definition) is 6. The first kappa shape index (κ1) is 89.8. The molecule has 0 radical (unpaired) electrons. The van der Waals surface area contributed by atoms with Crippen LogP contribution >= 0.6 is 22.7 Å². The largest absolute Gasteiger partial charge is 0.372 e. The summed E-state index contributed by atoms with van der Waals surface area (Å²) >= 11 is 3.89. The van der Waals surface area contributed by atoms with Gasteiger partial charge >= 0.3 is 0 Å². The van der Waals surface area contributed by atoms with E-state index in [2.05, 4.69) is 208 Å². The molecule has 0 atom stereocenters. The number of anilines is 4. The van der Waals surface area contributed by atoms with E-state index in [1.165, 1.54) is 384 Å². The van der Waals surface area contributed by atoms with E-state index >= 15 is 0 Å². The highest BCUT2D eigenvalue weighted by molar-refractivity contribution is 7.23. The van der Waals surface area contributed by atoms with Crippen LogP contribution in [0.25, 0.3) is 33.1 Å². The van der Waals surface area contributed by atoms with Gasteiger partial charge in [-0.15, -0.1) is 22.7 Å². The fourth-order valence-corrected chi connectivity index (χ4v) is 17.6. The first-order chi connectivity index (χ1) is 52.4. The van der Waals surface area contributed by atoms with Crippen LogP contribution < -0.4 is 19.6 Å². The molecule has 0 spiro atoms. The van der Waals surface area contributed by atoms with E-state index in [9.17, 15) is 0 Å². The lowest BCUT2D eigenvalue weighted by molar-refractivity contribution is 0.575. The lowest BCUT2D eigenvalue weighted by Crippen LogP contribution is -2.25. The minimum absolute atomic E-state index is 1.15. The summed E-state index contributed by atoms with van der Waals surface area (Å²) in [5.41, 5.74) is 13.3. The molecule has 0 aliphatic rings. The molecule has 590 valence electrons. The van der Waals surface area contributed by atoms with Gasteiger partial charge in [-0.3, -0.25) is 0 Å². The predicted molar refractivity (Wildman–Crippen MR) is 483 cm³/mol. The third kappa shape index (κ3) is 36.7. The van der Waals surface area contributed by atoms with Crippen LogP contribution in [-0.4, -0.2) is 52.4 Å². The summed E-state index contributed by atoms with van der Waals surface area (Å²) in [7, 11) is 0. The van der Waals surface area contributed by atoms with Crippen molar-refractivity contribution >= 4 is 68.7 Å². The van der Waals surface area contributed by atoms with E-state index in [-0.39, 0.29) is 0 Å². The van der Waals surface area contributed by atoms with Gasteiger partial charge in [0.2, 0.25) is 0 Å². The van der Waals surface area contributed by atoms with Crippen molar-refractivity contribution in [3.63, 3.8) is 0 Å². The minimum Gasteiger partial charge on any atom is -0.372 e. The highest BCUT2D eigenvalue weighted by atomic mass is 32.1. The van der Waals surface area contributed by atoms with Crippen molar-refractivity contribution < 1.29 is 0 Å². The molecular weight excluding hydrogens is 1320 g/mol. The van der Waals surface area contributed by atoms with Crippen molar-refractivity contribution in [2.45, 2.75) is 364 Å².